The lowest BCUT2D eigenvalue weighted by Gasteiger charge is -2.17. The molecule has 0 aliphatic carbocycles. The summed E-state index contributed by atoms with van der Waals surface area (Å²) in [6.45, 7) is 2.01. The van der Waals surface area contributed by atoms with E-state index >= 15 is 0 Å². The van der Waals surface area contributed by atoms with Gasteiger partial charge in [-0.3, -0.25) is 14.4 Å². The molecule has 0 unspecified atom stereocenters. The molecule has 2 aromatic rings. The van der Waals surface area contributed by atoms with Crippen LogP contribution in [0.3, 0.4) is 0 Å². The second kappa shape index (κ2) is 8.96. The maximum absolute atomic E-state index is 12.2. The average molecular weight is 416 g/mol. The highest BCUT2D eigenvalue weighted by Crippen LogP contribution is 2.27. The van der Waals surface area contributed by atoms with Gasteiger partial charge in [0, 0.05) is 36.4 Å². The summed E-state index contributed by atoms with van der Waals surface area (Å²) >= 11 is 6.05. The van der Waals surface area contributed by atoms with Crippen LogP contribution in [0.4, 0.5) is 11.4 Å². The average Bonchev–Trinajstić information content (AvgIpc) is 3.11. The molecule has 1 aliphatic heterocycles. The first-order chi connectivity index (χ1) is 13.9. The van der Waals surface area contributed by atoms with Crippen LogP contribution >= 0.6 is 11.6 Å². The fraction of sp³-hybridized carbons (Fsp3) is 0.286. The van der Waals surface area contributed by atoms with Crippen molar-refractivity contribution in [1.29, 1.82) is 0 Å². The number of nitrogens with one attached hydrogen (secondary N) is 2. The number of ether oxygens (including phenoxy) is 1. The molecule has 1 atom stereocenters. The SMILES string of the molecule is CNC(=O)[C@H]1CC(=O)N(c2ccc(OCC(=O)Nc3cccc(Cl)c3C)cc2)C1. The van der Waals surface area contributed by atoms with Crippen LogP contribution in [0.15, 0.2) is 42.5 Å². The summed E-state index contributed by atoms with van der Waals surface area (Å²) in [5.41, 5.74) is 2.12. The number of anilines is 2. The standard InChI is InChI=1S/C21H22ClN3O4/c1-13-17(22)4-3-5-18(13)24-19(26)12-29-16-8-6-15(7-9-16)25-11-14(10-20(25)27)21(28)23-2/h3-9,14H,10-12H2,1-2H3,(H,23,28)(H,24,26)/t14-/m0/s1. The molecule has 0 saturated carbocycles. The topological polar surface area (TPSA) is 87.7 Å². The number of hydrogen-bond acceptors (Lipinski definition) is 4. The van der Waals surface area contributed by atoms with E-state index in [2.05, 4.69) is 10.6 Å². The molecule has 2 N–H and O–H groups in total. The minimum atomic E-state index is -0.345. The first-order valence-corrected chi connectivity index (χ1v) is 9.56. The fourth-order valence-corrected chi connectivity index (χ4v) is 3.31. The highest BCUT2D eigenvalue weighted by Gasteiger charge is 2.34. The number of amides is 3. The molecule has 1 heterocycles. The number of carbonyl (C=O) groups is 3. The molecule has 1 fully saturated rings. The van der Waals surface area contributed by atoms with Gasteiger partial charge >= 0.3 is 0 Å². The third kappa shape index (κ3) is 4.86. The second-order valence-corrected chi connectivity index (χ2v) is 7.17. The van der Waals surface area contributed by atoms with Crippen molar-refractivity contribution in [2.75, 3.05) is 30.4 Å². The van der Waals surface area contributed by atoms with Gasteiger partial charge in [-0.15, -0.1) is 0 Å². The molecule has 2 aromatic carbocycles. The predicted molar refractivity (Wildman–Crippen MR) is 111 cm³/mol. The van der Waals surface area contributed by atoms with Gasteiger partial charge in [-0.05, 0) is 48.9 Å². The fourth-order valence-electron chi connectivity index (χ4n) is 3.14. The van der Waals surface area contributed by atoms with Gasteiger partial charge in [-0.25, -0.2) is 0 Å². The Balaban J connectivity index is 1.55. The van der Waals surface area contributed by atoms with Crippen molar-refractivity contribution >= 4 is 40.7 Å². The Kier molecular flexibility index (Phi) is 6.39. The molecule has 1 aliphatic rings. The molecule has 0 bridgehead atoms. The highest BCUT2D eigenvalue weighted by molar-refractivity contribution is 6.31. The van der Waals surface area contributed by atoms with Gasteiger partial charge in [0.1, 0.15) is 5.75 Å². The van der Waals surface area contributed by atoms with E-state index in [1.807, 2.05) is 6.92 Å². The molecule has 152 valence electrons. The molecule has 0 aromatic heterocycles. The number of hydrogen-bond donors (Lipinski definition) is 2. The first-order valence-electron chi connectivity index (χ1n) is 9.19. The van der Waals surface area contributed by atoms with Gasteiger partial charge in [0.25, 0.3) is 5.91 Å². The lowest BCUT2D eigenvalue weighted by molar-refractivity contribution is -0.125. The maximum Gasteiger partial charge on any atom is 0.262 e. The number of halogens is 1. The minimum Gasteiger partial charge on any atom is -0.484 e. The van der Waals surface area contributed by atoms with Gasteiger partial charge in [0.15, 0.2) is 6.61 Å². The number of benzene rings is 2. The summed E-state index contributed by atoms with van der Waals surface area (Å²) in [5.74, 6) is -0.379. The van der Waals surface area contributed by atoms with Crippen LogP contribution in [0.1, 0.15) is 12.0 Å². The maximum atomic E-state index is 12.2. The van der Waals surface area contributed by atoms with E-state index in [1.54, 1.807) is 54.4 Å². The number of carbonyl (C=O) groups excluding carboxylic acids is 3. The van der Waals surface area contributed by atoms with Crippen LogP contribution in [0, 0.1) is 12.8 Å². The quantitative estimate of drug-likeness (QED) is 0.759. The van der Waals surface area contributed by atoms with E-state index in [1.165, 1.54) is 0 Å². The van der Waals surface area contributed by atoms with Crippen LogP contribution in [0.2, 0.25) is 5.02 Å². The van der Waals surface area contributed by atoms with Crippen LogP contribution in [0.25, 0.3) is 0 Å². The summed E-state index contributed by atoms with van der Waals surface area (Å²) in [4.78, 5) is 37.6. The van der Waals surface area contributed by atoms with Crippen LogP contribution < -0.4 is 20.3 Å². The summed E-state index contributed by atoms with van der Waals surface area (Å²) in [6, 6.07) is 12.1. The summed E-state index contributed by atoms with van der Waals surface area (Å²) < 4.78 is 5.52. The minimum absolute atomic E-state index is 0.0939. The first kappa shape index (κ1) is 20.7. The molecule has 0 spiro atoms. The molecular weight excluding hydrogens is 394 g/mol. The van der Waals surface area contributed by atoms with E-state index in [0.29, 0.717) is 28.7 Å². The van der Waals surface area contributed by atoms with Gasteiger partial charge in [0.2, 0.25) is 11.8 Å². The van der Waals surface area contributed by atoms with E-state index < -0.39 is 0 Å². The molecule has 0 radical (unpaired) electrons. The molecular formula is C21H22ClN3O4. The number of nitrogens with zero attached hydrogens (tertiary/aromatic N) is 1. The Morgan fingerprint density at radius 2 is 1.93 bits per heavy atom. The Morgan fingerprint density at radius 1 is 1.21 bits per heavy atom. The summed E-state index contributed by atoms with van der Waals surface area (Å²) in [7, 11) is 1.56. The zero-order valence-corrected chi connectivity index (χ0v) is 17.0. The highest BCUT2D eigenvalue weighted by atomic mass is 35.5. The van der Waals surface area contributed by atoms with Gasteiger partial charge in [-0.2, -0.15) is 0 Å². The Hall–Kier alpha value is -3.06. The van der Waals surface area contributed by atoms with Gasteiger partial charge in [0.05, 0.1) is 5.92 Å². The normalized spacial score (nSPS) is 15.9. The van der Waals surface area contributed by atoms with Gasteiger partial charge < -0.3 is 20.3 Å². The van der Waals surface area contributed by atoms with Crippen LogP contribution in [-0.2, 0) is 14.4 Å². The van der Waals surface area contributed by atoms with Crippen molar-refractivity contribution in [2.45, 2.75) is 13.3 Å². The Bertz CT molecular complexity index is 930. The second-order valence-electron chi connectivity index (χ2n) is 6.76. The largest absolute Gasteiger partial charge is 0.484 e. The lowest BCUT2D eigenvalue weighted by Crippen LogP contribution is -2.30. The third-order valence-electron chi connectivity index (χ3n) is 4.80. The van der Waals surface area contributed by atoms with Crippen molar-refractivity contribution < 1.29 is 19.1 Å². The molecule has 7 nitrogen and oxygen atoms in total. The number of rotatable bonds is 6. The van der Waals surface area contributed by atoms with Crippen molar-refractivity contribution in [1.82, 2.24) is 5.32 Å². The Labute approximate surface area is 174 Å². The monoisotopic (exact) mass is 415 g/mol. The Morgan fingerprint density at radius 3 is 2.62 bits per heavy atom. The third-order valence-corrected chi connectivity index (χ3v) is 5.21. The van der Waals surface area contributed by atoms with Crippen molar-refractivity contribution in [3.63, 3.8) is 0 Å². The summed E-state index contributed by atoms with van der Waals surface area (Å²) in [6.07, 6.45) is 0.195. The predicted octanol–water partition coefficient (Wildman–Crippen LogP) is 2.76. The van der Waals surface area contributed by atoms with Crippen molar-refractivity contribution in [3.05, 3.63) is 53.1 Å². The van der Waals surface area contributed by atoms with E-state index in [4.69, 9.17) is 16.3 Å². The van der Waals surface area contributed by atoms with Gasteiger partial charge in [-0.1, -0.05) is 17.7 Å². The summed E-state index contributed by atoms with van der Waals surface area (Å²) in [5, 5.41) is 5.92. The van der Waals surface area contributed by atoms with E-state index in [-0.39, 0.29) is 36.7 Å². The van der Waals surface area contributed by atoms with Crippen LogP contribution in [0.5, 0.6) is 5.75 Å². The van der Waals surface area contributed by atoms with E-state index in [9.17, 15) is 14.4 Å². The van der Waals surface area contributed by atoms with Crippen molar-refractivity contribution in [2.24, 2.45) is 5.92 Å². The molecule has 1 saturated heterocycles. The van der Waals surface area contributed by atoms with E-state index in [0.717, 1.165) is 5.56 Å². The molecule has 3 rings (SSSR count). The molecule has 3 amide bonds. The van der Waals surface area contributed by atoms with Crippen LogP contribution in [-0.4, -0.2) is 37.9 Å². The van der Waals surface area contributed by atoms with Crippen molar-refractivity contribution in [3.8, 4) is 5.75 Å². The molecule has 29 heavy (non-hydrogen) atoms. The zero-order chi connectivity index (χ0) is 21.0. The smallest absolute Gasteiger partial charge is 0.262 e. The zero-order valence-electron chi connectivity index (χ0n) is 16.2. The molecule has 8 heteroatoms. The lowest BCUT2D eigenvalue weighted by atomic mass is 10.1.